The van der Waals surface area contributed by atoms with Crippen LogP contribution in [0.25, 0.3) is 0 Å². The van der Waals surface area contributed by atoms with E-state index in [1.807, 2.05) is 19.1 Å². The third-order valence-corrected chi connectivity index (χ3v) is 4.74. The van der Waals surface area contributed by atoms with Crippen LogP contribution in [0.3, 0.4) is 0 Å². The number of nitrogens with one attached hydrogen (secondary N) is 1. The fourth-order valence-corrected chi connectivity index (χ4v) is 3.24. The van der Waals surface area contributed by atoms with Gasteiger partial charge in [0, 0.05) is 6.54 Å². The quantitative estimate of drug-likeness (QED) is 0.830. The lowest BCUT2D eigenvalue weighted by Gasteiger charge is -2.29. The van der Waals surface area contributed by atoms with E-state index in [0.717, 1.165) is 24.4 Å². The van der Waals surface area contributed by atoms with E-state index in [0.29, 0.717) is 6.54 Å². The van der Waals surface area contributed by atoms with E-state index in [-0.39, 0.29) is 18.0 Å². The van der Waals surface area contributed by atoms with Gasteiger partial charge in [0.1, 0.15) is 24.4 Å². The molecule has 7 nitrogen and oxygen atoms in total. The van der Waals surface area contributed by atoms with E-state index in [1.165, 1.54) is 19.2 Å². The van der Waals surface area contributed by atoms with Crippen LogP contribution in [0.15, 0.2) is 36.9 Å². The minimum atomic E-state index is -0.382. The molecule has 134 valence electrons. The number of nitrogens with zero attached hydrogens (tertiary/aromatic N) is 4. The first-order valence-electron chi connectivity index (χ1n) is 8.69. The molecule has 7 heteroatoms. The largest absolute Gasteiger partial charge is 0.497 e. The topological polar surface area (TPSA) is 72.3 Å². The van der Waals surface area contributed by atoms with E-state index in [4.69, 9.17) is 4.74 Å². The molecule has 1 saturated heterocycles. The van der Waals surface area contributed by atoms with E-state index in [1.54, 1.807) is 18.1 Å². The molecule has 1 aromatic heterocycles. The van der Waals surface area contributed by atoms with Crippen molar-refractivity contribution in [3.63, 3.8) is 0 Å². The number of rotatable bonds is 7. The van der Waals surface area contributed by atoms with E-state index in [2.05, 4.69) is 32.4 Å². The highest BCUT2D eigenvalue weighted by Crippen LogP contribution is 2.27. The monoisotopic (exact) mass is 343 g/mol. The van der Waals surface area contributed by atoms with Gasteiger partial charge in [-0.2, -0.15) is 5.10 Å². The van der Waals surface area contributed by atoms with Crippen LogP contribution in [0.2, 0.25) is 0 Å². The molecule has 25 heavy (non-hydrogen) atoms. The Morgan fingerprint density at radius 3 is 2.84 bits per heavy atom. The van der Waals surface area contributed by atoms with Crippen molar-refractivity contribution in [3.8, 4) is 5.75 Å². The van der Waals surface area contributed by atoms with Gasteiger partial charge in [-0.1, -0.05) is 12.1 Å². The van der Waals surface area contributed by atoms with Crippen LogP contribution in [-0.2, 0) is 4.79 Å². The van der Waals surface area contributed by atoms with Crippen molar-refractivity contribution in [3.05, 3.63) is 42.5 Å². The zero-order chi connectivity index (χ0) is 17.6. The van der Waals surface area contributed by atoms with Crippen molar-refractivity contribution >= 4 is 5.91 Å². The smallest absolute Gasteiger partial charge is 0.244 e. The highest BCUT2D eigenvalue weighted by Gasteiger charge is 2.25. The number of likely N-dealkylation sites (tertiary alicyclic amines) is 1. The number of methoxy groups -OCH3 is 1. The van der Waals surface area contributed by atoms with Crippen LogP contribution in [-0.4, -0.2) is 52.3 Å². The Kier molecular flexibility index (Phi) is 5.65. The summed E-state index contributed by atoms with van der Waals surface area (Å²) in [7, 11) is 1.67. The number of benzene rings is 1. The summed E-state index contributed by atoms with van der Waals surface area (Å²) in [5.74, 6) is 0.779. The summed E-state index contributed by atoms with van der Waals surface area (Å²) < 4.78 is 6.92. The number of ether oxygens (including phenoxy) is 1. The van der Waals surface area contributed by atoms with Gasteiger partial charge in [0.05, 0.1) is 13.2 Å². The molecule has 0 bridgehead atoms. The Balaban J connectivity index is 1.70. The Morgan fingerprint density at radius 2 is 2.16 bits per heavy atom. The first-order chi connectivity index (χ1) is 12.2. The molecule has 1 amide bonds. The predicted molar refractivity (Wildman–Crippen MR) is 94.3 cm³/mol. The van der Waals surface area contributed by atoms with Gasteiger partial charge in [0.25, 0.3) is 0 Å². The number of carbonyl (C=O) groups excluding carboxylic acids is 1. The van der Waals surface area contributed by atoms with E-state index in [9.17, 15) is 4.79 Å². The number of hydrogen-bond donors (Lipinski definition) is 1. The van der Waals surface area contributed by atoms with Gasteiger partial charge in [-0.3, -0.25) is 9.69 Å². The summed E-state index contributed by atoms with van der Waals surface area (Å²) in [4.78, 5) is 18.8. The van der Waals surface area contributed by atoms with Gasteiger partial charge < -0.3 is 10.1 Å². The van der Waals surface area contributed by atoms with Crippen LogP contribution >= 0.6 is 0 Å². The molecule has 0 radical (unpaired) electrons. The maximum Gasteiger partial charge on any atom is 0.244 e. The van der Waals surface area contributed by atoms with Crippen molar-refractivity contribution in [2.24, 2.45) is 0 Å². The molecule has 0 unspecified atom stereocenters. The second-order valence-electron chi connectivity index (χ2n) is 6.33. The van der Waals surface area contributed by atoms with Crippen LogP contribution in [0.4, 0.5) is 0 Å². The Labute approximate surface area is 148 Å². The minimum Gasteiger partial charge on any atom is -0.497 e. The average molecular weight is 343 g/mol. The van der Waals surface area contributed by atoms with Crippen molar-refractivity contribution < 1.29 is 9.53 Å². The maximum absolute atomic E-state index is 12.5. The number of amides is 1. The molecule has 0 aliphatic carbocycles. The van der Waals surface area contributed by atoms with Crippen molar-refractivity contribution in [1.29, 1.82) is 0 Å². The molecular formula is C18H25N5O2. The van der Waals surface area contributed by atoms with Gasteiger partial charge in [0.15, 0.2) is 0 Å². The molecule has 2 aromatic rings. The van der Waals surface area contributed by atoms with Crippen LogP contribution < -0.4 is 10.1 Å². The zero-order valence-electron chi connectivity index (χ0n) is 14.8. The molecule has 1 aliphatic heterocycles. The van der Waals surface area contributed by atoms with Gasteiger partial charge >= 0.3 is 0 Å². The summed E-state index contributed by atoms with van der Waals surface area (Å²) in [6, 6.07) is 7.85. The van der Waals surface area contributed by atoms with Crippen LogP contribution in [0.5, 0.6) is 5.75 Å². The Morgan fingerprint density at radius 1 is 1.36 bits per heavy atom. The lowest BCUT2D eigenvalue weighted by molar-refractivity contribution is -0.124. The SMILES string of the molecule is COc1cccc([C@@H](CNC(=O)[C@H](C)n2cncn2)N2CCCC2)c1. The lowest BCUT2D eigenvalue weighted by atomic mass is 10.0. The molecule has 0 saturated carbocycles. The first-order valence-corrected chi connectivity index (χ1v) is 8.69. The van der Waals surface area contributed by atoms with Crippen molar-refractivity contribution in [2.75, 3.05) is 26.7 Å². The molecule has 2 heterocycles. The second kappa shape index (κ2) is 8.11. The molecule has 0 spiro atoms. The maximum atomic E-state index is 12.5. The zero-order valence-corrected chi connectivity index (χ0v) is 14.8. The summed E-state index contributed by atoms with van der Waals surface area (Å²) in [6.45, 7) is 4.48. The fraction of sp³-hybridized carbons (Fsp3) is 0.500. The van der Waals surface area contributed by atoms with Gasteiger partial charge in [-0.15, -0.1) is 0 Å². The van der Waals surface area contributed by atoms with E-state index < -0.39 is 0 Å². The molecule has 2 atom stereocenters. The van der Waals surface area contributed by atoms with Gasteiger partial charge in [0.2, 0.25) is 5.91 Å². The highest BCUT2D eigenvalue weighted by atomic mass is 16.5. The van der Waals surface area contributed by atoms with Crippen LogP contribution in [0.1, 0.15) is 37.4 Å². The first kappa shape index (κ1) is 17.4. The third kappa shape index (κ3) is 4.17. The van der Waals surface area contributed by atoms with Gasteiger partial charge in [-0.25, -0.2) is 9.67 Å². The standard InChI is InChI=1S/C18H25N5O2/c1-14(23-13-19-12-21-23)18(24)20-11-17(22-8-3-4-9-22)15-6-5-7-16(10-15)25-2/h5-7,10,12-14,17H,3-4,8-9,11H2,1-2H3,(H,20,24)/t14-,17+/m0/s1. The summed E-state index contributed by atoms with van der Waals surface area (Å²) >= 11 is 0. The average Bonchev–Trinajstić information content (AvgIpc) is 3.35. The lowest BCUT2D eigenvalue weighted by Crippen LogP contribution is -2.39. The van der Waals surface area contributed by atoms with Crippen molar-refractivity contribution in [1.82, 2.24) is 25.0 Å². The molecular weight excluding hydrogens is 318 g/mol. The Hall–Kier alpha value is -2.41. The normalized spacial score (nSPS) is 17.2. The minimum absolute atomic E-state index is 0.0578. The summed E-state index contributed by atoms with van der Waals surface area (Å²) in [5.41, 5.74) is 1.16. The van der Waals surface area contributed by atoms with Crippen LogP contribution in [0, 0.1) is 0 Å². The highest BCUT2D eigenvalue weighted by molar-refractivity contribution is 5.79. The number of aromatic nitrogens is 3. The fourth-order valence-electron chi connectivity index (χ4n) is 3.24. The molecule has 1 aliphatic rings. The predicted octanol–water partition coefficient (Wildman–Crippen LogP) is 1.80. The summed E-state index contributed by atoms with van der Waals surface area (Å²) in [6.07, 6.45) is 5.39. The molecule has 1 aromatic carbocycles. The number of carbonyl (C=O) groups is 1. The summed E-state index contributed by atoms with van der Waals surface area (Å²) in [5, 5.41) is 7.11. The molecule has 3 rings (SSSR count). The second-order valence-corrected chi connectivity index (χ2v) is 6.33. The molecule has 1 fully saturated rings. The number of hydrogen-bond acceptors (Lipinski definition) is 5. The molecule has 1 N–H and O–H groups in total. The van der Waals surface area contributed by atoms with Crippen molar-refractivity contribution in [2.45, 2.75) is 31.8 Å². The third-order valence-electron chi connectivity index (χ3n) is 4.74. The van der Waals surface area contributed by atoms with Gasteiger partial charge in [-0.05, 0) is 50.6 Å². The Bertz CT molecular complexity index is 683. The van der Waals surface area contributed by atoms with E-state index >= 15 is 0 Å².